The van der Waals surface area contributed by atoms with Gasteiger partial charge in [-0.25, -0.2) is 0 Å². The van der Waals surface area contributed by atoms with Crippen LogP contribution in [0.1, 0.15) is 25.7 Å². The third-order valence-corrected chi connectivity index (χ3v) is 1.33. The molecule has 0 unspecified atom stereocenters. The molecule has 1 aliphatic rings. The molecule has 0 heterocycles. The van der Waals surface area contributed by atoms with Gasteiger partial charge in [0.25, 0.3) is 0 Å². The zero-order valence-corrected chi connectivity index (χ0v) is 8.78. The maximum Gasteiger partial charge on any atom is 2.00 e. The fourth-order valence-corrected chi connectivity index (χ4v) is 0.856. The topological polar surface area (TPSA) is 0 Å². The van der Waals surface area contributed by atoms with Crippen molar-refractivity contribution in [1.82, 2.24) is 0 Å². The maximum atomic E-state index is 2.27. The quantitative estimate of drug-likeness (QED) is 0.387. The minimum atomic E-state index is 0. The van der Waals surface area contributed by atoms with Crippen LogP contribution < -0.4 is 24.8 Å². The average molecular weight is 238 g/mol. The molecule has 67 valence electrons. The maximum absolute atomic E-state index is 2.27. The van der Waals surface area contributed by atoms with E-state index in [1.165, 1.54) is 25.7 Å². The van der Waals surface area contributed by atoms with Crippen LogP contribution in [-0.2, 0) is 16.8 Å². The van der Waals surface area contributed by atoms with Crippen LogP contribution in [0.2, 0.25) is 0 Å². The minimum absolute atomic E-state index is 0. The van der Waals surface area contributed by atoms with Crippen LogP contribution in [0.25, 0.3) is 0 Å². The van der Waals surface area contributed by atoms with Gasteiger partial charge in [-0.1, -0.05) is 24.3 Å². The molecule has 1 radical (unpaired) electrons. The third kappa shape index (κ3) is 10.6. The van der Waals surface area contributed by atoms with Crippen molar-refractivity contribution in [3.63, 3.8) is 0 Å². The summed E-state index contributed by atoms with van der Waals surface area (Å²) >= 11 is 0. The molecule has 11 heavy (non-hydrogen) atoms. The molecule has 3 heteroatoms. The standard InChI is InChI=1S/C8H12.2ClH.Co/c1-2-4-6-8-7-5-3-1;;;/h1-2,7-8H,3-6H2;2*1H;/q;;;+2/p-2/b2-1-,8-7?;;;. The molecule has 0 saturated carbocycles. The molecule has 1 rings (SSSR count). The van der Waals surface area contributed by atoms with E-state index in [-0.39, 0.29) is 41.6 Å². The van der Waals surface area contributed by atoms with Gasteiger partial charge >= 0.3 is 16.8 Å². The van der Waals surface area contributed by atoms with Gasteiger partial charge in [-0.05, 0) is 25.7 Å². The predicted octanol–water partition coefficient (Wildman–Crippen LogP) is -3.32. The van der Waals surface area contributed by atoms with Crippen molar-refractivity contribution in [2.75, 3.05) is 0 Å². The Hall–Kier alpha value is 0.566. The second-order valence-corrected chi connectivity index (χ2v) is 2.10. The molecule has 0 bridgehead atoms. The largest absolute Gasteiger partial charge is 2.00 e. The first kappa shape index (κ1) is 17.6. The first-order valence-corrected chi connectivity index (χ1v) is 3.30. The van der Waals surface area contributed by atoms with Crippen molar-refractivity contribution in [2.45, 2.75) is 25.7 Å². The van der Waals surface area contributed by atoms with Gasteiger partial charge in [0.15, 0.2) is 0 Å². The summed E-state index contributed by atoms with van der Waals surface area (Å²) in [6.45, 7) is 0. The molecular weight excluding hydrogens is 226 g/mol. The molecule has 0 aromatic rings. The van der Waals surface area contributed by atoms with Crippen LogP contribution >= 0.6 is 0 Å². The van der Waals surface area contributed by atoms with Crippen molar-refractivity contribution in [1.29, 1.82) is 0 Å². The van der Waals surface area contributed by atoms with E-state index >= 15 is 0 Å². The van der Waals surface area contributed by atoms with Crippen LogP contribution in [0.5, 0.6) is 0 Å². The Morgan fingerprint density at radius 2 is 0.727 bits per heavy atom. The average Bonchev–Trinajstić information content (AvgIpc) is 1.62. The van der Waals surface area contributed by atoms with E-state index in [1.807, 2.05) is 0 Å². The van der Waals surface area contributed by atoms with Gasteiger partial charge in [0.2, 0.25) is 0 Å². The Morgan fingerprint density at radius 1 is 0.545 bits per heavy atom. The summed E-state index contributed by atoms with van der Waals surface area (Å²) in [6, 6.07) is 0. The fourth-order valence-electron chi connectivity index (χ4n) is 0.856. The molecule has 0 N–H and O–H groups in total. The zero-order chi connectivity index (χ0) is 5.66. The Balaban J connectivity index is -0.000000213. The first-order chi connectivity index (χ1) is 4.00. The molecule has 0 aliphatic heterocycles. The van der Waals surface area contributed by atoms with Gasteiger partial charge in [0.05, 0.1) is 0 Å². The van der Waals surface area contributed by atoms with Crippen LogP contribution in [0, 0.1) is 0 Å². The molecule has 0 amide bonds. The van der Waals surface area contributed by atoms with Gasteiger partial charge in [-0.2, -0.15) is 0 Å². The minimum Gasteiger partial charge on any atom is -1.00 e. The zero-order valence-electron chi connectivity index (χ0n) is 6.23. The van der Waals surface area contributed by atoms with Gasteiger partial charge in [0, 0.05) is 0 Å². The Labute approximate surface area is 91.5 Å². The van der Waals surface area contributed by atoms with Crippen molar-refractivity contribution in [2.24, 2.45) is 0 Å². The van der Waals surface area contributed by atoms with Gasteiger partial charge in [-0.15, -0.1) is 0 Å². The summed E-state index contributed by atoms with van der Waals surface area (Å²) in [5.74, 6) is 0. The predicted molar refractivity (Wildman–Crippen MR) is 36.7 cm³/mol. The van der Waals surface area contributed by atoms with E-state index in [9.17, 15) is 0 Å². The van der Waals surface area contributed by atoms with E-state index in [0.29, 0.717) is 0 Å². The molecular formula is C8H12Cl2Co. The number of halogens is 2. The molecule has 0 aromatic carbocycles. The summed E-state index contributed by atoms with van der Waals surface area (Å²) in [4.78, 5) is 0. The number of hydrogen-bond acceptors (Lipinski definition) is 0. The number of hydrogen-bond donors (Lipinski definition) is 0. The summed E-state index contributed by atoms with van der Waals surface area (Å²) < 4.78 is 0. The Morgan fingerprint density at radius 3 is 0.909 bits per heavy atom. The number of allylic oxidation sites excluding steroid dienone is 4. The Kier molecular flexibility index (Phi) is 21.1. The van der Waals surface area contributed by atoms with Crippen molar-refractivity contribution in [3.8, 4) is 0 Å². The summed E-state index contributed by atoms with van der Waals surface area (Å²) in [5.41, 5.74) is 0. The Bertz CT molecular complexity index is 84.7. The molecule has 0 atom stereocenters. The number of rotatable bonds is 0. The molecule has 0 saturated heterocycles. The fraction of sp³-hybridized carbons (Fsp3) is 0.500. The van der Waals surface area contributed by atoms with Crippen LogP contribution in [-0.4, -0.2) is 0 Å². The van der Waals surface area contributed by atoms with Crippen molar-refractivity contribution in [3.05, 3.63) is 24.3 Å². The van der Waals surface area contributed by atoms with E-state index in [4.69, 9.17) is 0 Å². The first-order valence-electron chi connectivity index (χ1n) is 3.30. The molecule has 0 spiro atoms. The van der Waals surface area contributed by atoms with E-state index < -0.39 is 0 Å². The third-order valence-electron chi connectivity index (χ3n) is 1.33. The van der Waals surface area contributed by atoms with Gasteiger partial charge < -0.3 is 24.8 Å². The molecule has 0 aromatic heterocycles. The molecule has 1 aliphatic carbocycles. The second-order valence-electron chi connectivity index (χ2n) is 2.10. The summed E-state index contributed by atoms with van der Waals surface area (Å²) in [6.07, 6.45) is 14.0. The van der Waals surface area contributed by atoms with Crippen molar-refractivity contribution < 1.29 is 41.6 Å². The van der Waals surface area contributed by atoms with Crippen LogP contribution in [0.4, 0.5) is 0 Å². The van der Waals surface area contributed by atoms with Gasteiger partial charge in [-0.3, -0.25) is 0 Å². The molecule has 0 fully saturated rings. The summed E-state index contributed by atoms with van der Waals surface area (Å²) in [7, 11) is 0. The second kappa shape index (κ2) is 13.2. The van der Waals surface area contributed by atoms with E-state index in [1.54, 1.807) is 0 Å². The summed E-state index contributed by atoms with van der Waals surface area (Å²) in [5, 5.41) is 0. The monoisotopic (exact) mass is 237 g/mol. The normalized spacial score (nSPS) is 17.5. The van der Waals surface area contributed by atoms with E-state index in [0.717, 1.165) is 0 Å². The SMILES string of the molecule is C1=CCC/C=C\CC1.[Cl-].[Cl-].[Co+2]. The van der Waals surface area contributed by atoms with E-state index in [2.05, 4.69) is 24.3 Å². The van der Waals surface area contributed by atoms with Crippen LogP contribution in [0.15, 0.2) is 24.3 Å². The van der Waals surface area contributed by atoms with Gasteiger partial charge in [0.1, 0.15) is 0 Å². The smallest absolute Gasteiger partial charge is 1.00 e. The van der Waals surface area contributed by atoms with Crippen LogP contribution in [0.3, 0.4) is 0 Å². The van der Waals surface area contributed by atoms with Crippen molar-refractivity contribution >= 4 is 0 Å². The molecule has 0 nitrogen and oxygen atoms in total.